The molecule has 3 heterocycles. The van der Waals surface area contributed by atoms with Crippen molar-refractivity contribution >= 4 is 23.1 Å². The first-order valence-corrected chi connectivity index (χ1v) is 12.1. The van der Waals surface area contributed by atoms with E-state index in [0.29, 0.717) is 25.1 Å². The monoisotopic (exact) mass is 506 g/mol. The van der Waals surface area contributed by atoms with Crippen LogP contribution < -0.4 is 21.7 Å². The summed E-state index contributed by atoms with van der Waals surface area (Å²) in [5, 5.41) is 12.9. The number of aliphatic hydroxyl groups is 1. The fourth-order valence-corrected chi connectivity index (χ4v) is 4.48. The normalized spacial score (nSPS) is 17.6. The molecule has 0 bridgehead atoms. The molecule has 0 saturated carbocycles. The van der Waals surface area contributed by atoms with Gasteiger partial charge in [-0.1, -0.05) is 0 Å². The molecule has 1 amide bonds. The molecular formula is C27H31FN6O3. The first kappa shape index (κ1) is 26.2. The second kappa shape index (κ2) is 11.0. The van der Waals surface area contributed by atoms with Gasteiger partial charge in [-0.25, -0.2) is 9.37 Å². The number of pyridine rings is 2. The predicted octanol–water partition coefficient (Wildman–Crippen LogP) is 2.33. The molecule has 2 aromatic heterocycles. The lowest BCUT2D eigenvalue weighted by molar-refractivity contribution is 0.0941. The molecule has 0 aliphatic carbocycles. The summed E-state index contributed by atoms with van der Waals surface area (Å²) in [5.41, 5.74) is 14.3. The Bertz CT molecular complexity index is 1310. The zero-order chi connectivity index (χ0) is 26.7. The molecule has 1 saturated heterocycles. The van der Waals surface area contributed by atoms with Crippen LogP contribution in [0.15, 0.2) is 48.8 Å². The number of nitrogen functional groups attached to an aromatic ring is 1. The first-order valence-electron chi connectivity index (χ1n) is 12.1. The fourth-order valence-electron chi connectivity index (χ4n) is 4.48. The van der Waals surface area contributed by atoms with Gasteiger partial charge in [0.25, 0.3) is 5.91 Å². The van der Waals surface area contributed by atoms with Gasteiger partial charge in [-0.3, -0.25) is 14.6 Å². The average Bonchev–Trinajstić information content (AvgIpc) is 2.84. The van der Waals surface area contributed by atoms with E-state index in [1.54, 1.807) is 18.5 Å². The van der Waals surface area contributed by atoms with E-state index in [1.165, 1.54) is 30.3 Å². The van der Waals surface area contributed by atoms with Crippen molar-refractivity contribution in [3.63, 3.8) is 0 Å². The Morgan fingerprint density at radius 3 is 2.73 bits per heavy atom. The summed E-state index contributed by atoms with van der Waals surface area (Å²) in [7, 11) is 0. The molecule has 0 radical (unpaired) electrons. The van der Waals surface area contributed by atoms with Crippen LogP contribution in [0.2, 0.25) is 0 Å². The van der Waals surface area contributed by atoms with Crippen LogP contribution in [0.3, 0.4) is 0 Å². The molecule has 0 unspecified atom stereocenters. The minimum atomic E-state index is -0.577. The van der Waals surface area contributed by atoms with Crippen LogP contribution in [-0.2, 0) is 6.42 Å². The molecule has 9 nitrogen and oxygen atoms in total. The number of β-amino-alcohol motifs (C(OH)–C–C–N with tert-alkyl or cyclic N) is 1. The molecule has 194 valence electrons. The fraction of sp³-hybridized carbons (Fsp3) is 0.333. The van der Waals surface area contributed by atoms with Crippen LogP contribution in [-0.4, -0.2) is 58.0 Å². The molecule has 4 rings (SSSR count). The van der Waals surface area contributed by atoms with Gasteiger partial charge in [0.1, 0.15) is 11.5 Å². The third-order valence-electron chi connectivity index (χ3n) is 6.15. The first-order chi connectivity index (χ1) is 17.6. The highest BCUT2D eigenvalue weighted by Gasteiger charge is 2.26. The second-order valence-electron chi connectivity index (χ2n) is 9.62. The highest BCUT2D eigenvalue weighted by atomic mass is 19.1. The number of aromatic nitrogens is 2. The van der Waals surface area contributed by atoms with Gasteiger partial charge in [-0.2, -0.15) is 0 Å². The lowest BCUT2D eigenvalue weighted by Crippen LogP contribution is -2.49. The number of benzene rings is 1. The number of Topliss-reactive ketones (excluding diaryl/α,β-unsaturated/α-hetero) is 1. The number of anilines is 2. The second-order valence-corrected chi connectivity index (χ2v) is 9.62. The molecular weight excluding hydrogens is 475 g/mol. The number of carbonyl (C=O) groups is 2. The van der Waals surface area contributed by atoms with E-state index in [1.807, 2.05) is 18.7 Å². The Kier molecular flexibility index (Phi) is 7.80. The van der Waals surface area contributed by atoms with E-state index in [-0.39, 0.29) is 58.4 Å². The largest absolute Gasteiger partial charge is 0.397 e. The summed E-state index contributed by atoms with van der Waals surface area (Å²) < 4.78 is 14.8. The zero-order valence-corrected chi connectivity index (χ0v) is 20.8. The van der Waals surface area contributed by atoms with Crippen LogP contribution in [0.1, 0.15) is 46.7 Å². The van der Waals surface area contributed by atoms with Crippen LogP contribution in [0.25, 0.3) is 11.3 Å². The molecule has 0 spiro atoms. The number of halogens is 1. The number of nitrogens with one attached hydrogen (secondary N) is 1. The summed E-state index contributed by atoms with van der Waals surface area (Å²) >= 11 is 0. The average molecular weight is 507 g/mol. The van der Waals surface area contributed by atoms with Gasteiger partial charge in [0.05, 0.1) is 17.5 Å². The van der Waals surface area contributed by atoms with Crippen molar-refractivity contribution in [2.75, 3.05) is 23.7 Å². The molecule has 10 heteroatoms. The van der Waals surface area contributed by atoms with E-state index < -0.39 is 11.9 Å². The van der Waals surface area contributed by atoms with Crippen molar-refractivity contribution < 1.29 is 19.1 Å². The van der Waals surface area contributed by atoms with E-state index >= 15 is 0 Å². The van der Waals surface area contributed by atoms with Gasteiger partial charge in [0.2, 0.25) is 0 Å². The van der Waals surface area contributed by atoms with Crippen LogP contribution in [0.4, 0.5) is 15.8 Å². The Labute approximate surface area is 214 Å². The smallest absolute Gasteiger partial charge is 0.251 e. The molecule has 2 atom stereocenters. The molecule has 1 aromatic carbocycles. The van der Waals surface area contributed by atoms with E-state index in [4.69, 9.17) is 11.5 Å². The number of aliphatic hydroxyl groups excluding tert-OH is 1. The number of carbonyl (C=O) groups excluding carboxylic acids is 2. The summed E-state index contributed by atoms with van der Waals surface area (Å²) in [6, 6.07) is 8.52. The molecule has 37 heavy (non-hydrogen) atoms. The third-order valence-corrected chi connectivity index (χ3v) is 6.15. The summed E-state index contributed by atoms with van der Waals surface area (Å²) in [6.45, 7) is 4.60. The van der Waals surface area contributed by atoms with Gasteiger partial charge in [0, 0.05) is 66.4 Å². The maximum absolute atomic E-state index is 14.8. The predicted molar refractivity (Wildman–Crippen MR) is 140 cm³/mol. The number of nitrogens with two attached hydrogens (primary N) is 2. The van der Waals surface area contributed by atoms with Crippen molar-refractivity contribution in [1.82, 2.24) is 15.3 Å². The van der Waals surface area contributed by atoms with Crippen LogP contribution in [0, 0.1) is 5.82 Å². The number of ketones is 1. The van der Waals surface area contributed by atoms with Gasteiger partial charge in [-0.15, -0.1) is 0 Å². The number of piperidine rings is 1. The summed E-state index contributed by atoms with van der Waals surface area (Å²) in [5.74, 6) is -1.29. The molecule has 3 aromatic rings. The Hall–Kier alpha value is -3.89. The van der Waals surface area contributed by atoms with Crippen molar-refractivity contribution in [2.45, 2.75) is 44.9 Å². The number of hydrogen-bond acceptors (Lipinski definition) is 8. The van der Waals surface area contributed by atoms with Crippen molar-refractivity contribution in [3.8, 4) is 11.3 Å². The van der Waals surface area contributed by atoms with Gasteiger partial charge >= 0.3 is 0 Å². The van der Waals surface area contributed by atoms with Crippen molar-refractivity contribution in [3.05, 3.63) is 71.4 Å². The Morgan fingerprint density at radius 2 is 2.00 bits per heavy atom. The van der Waals surface area contributed by atoms with Crippen molar-refractivity contribution in [2.24, 2.45) is 5.73 Å². The lowest BCUT2D eigenvalue weighted by atomic mass is 10.00. The molecule has 6 N–H and O–H groups in total. The standard InChI is InChI=1S/C27H31FN6O3/c1-15(2)32-27(37)16-3-4-21(28)20(9-16)23-6-5-22(30)26(33-23)25(36)10-17-12-31-8-7-24(17)34-13-18(29)11-19(35)14-34/h3-9,12,15,18-19,35H,10-11,13-14,29-30H2,1-2H3,(H,32,37)/t18-,19-/m0/s1. The topological polar surface area (TPSA) is 147 Å². The Balaban J connectivity index is 1.63. The van der Waals surface area contributed by atoms with Crippen molar-refractivity contribution in [1.29, 1.82) is 0 Å². The van der Waals surface area contributed by atoms with Gasteiger partial charge in [-0.05, 0) is 56.7 Å². The number of nitrogens with zero attached hydrogens (tertiary/aromatic N) is 3. The maximum Gasteiger partial charge on any atom is 0.251 e. The van der Waals surface area contributed by atoms with Crippen LogP contribution in [0.5, 0.6) is 0 Å². The number of hydrogen-bond donors (Lipinski definition) is 4. The van der Waals surface area contributed by atoms with Crippen LogP contribution >= 0.6 is 0 Å². The lowest BCUT2D eigenvalue weighted by Gasteiger charge is -2.36. The summed E-state index contributed by atoms with van der Waals surface area (Å²) in [6.07, 6.45) is 3.11. The Morgan fingerprint density at radius 1 is 1.22 bits per heavy atom. The number of amides is 1. The zero-order valence-electron chi connectivity index (χ0n) is 20.8. The van der Waals surface area contributed by atoms with Gasteiger partial charge < -0.3 is 26.8 Å². The summed E-state index contributed by atoms with van der Waals surface area (Å²) in [4.78, 5) is 36.3. The third kappa shape index (κ3) is 6.10. The minimum absolute atomic E-state index is 0.000816. The molecule has 1 fully saturated rings. The minimum Gasteiger partial charge on any atom is -0.397 e. The number of rotatable bonds is 7. The van der Waals surface area contributed by atoms with E-state index in [2.05, 4.69) is 15.3 Å². The van der Waals surface area contributed by atoms with E-state index in [9.17, 15) is 19.1 Å². The molecule has 1 aliphatic rings. The SMILES string of the molecule is CC(C)NC(=O)c1ccc(F)c(-c2ccc(N)c(C(=O)Cc3cnccc3N3C[C@@H](N)C[C@H](O)C3)n2)c1. The maximum atomic E-state index is 14.8. The van der Waals surface area contributed by atoms with Gasteiger partial charge in [0.15, 0.2) is 5.78 Å². The van der Waals surface area contributed by atoms with E-state index in [0.717, 1.165) is 5.69 Å². The highest BCUT2D eigenvalue weighted by molar-refractivity contribution is 6.01. The molecule has 1 aliphatic heterocycles. The highest BCUT2D eigenvalue weighted by Crippen LogP contribution is 2.28. The quantitative estimate of drug-likeness (QED) is 0.357.